The van der Waals surface area contributed by atoms with Gasteiger partial charge in [-0.05, 0) is 0 Å². The summed E-state index contributed by atoms with van der Waals surface area (Å²) in [4.78, 5) is 3.86. The van der Waals surface area contributed by atoms with Gasteiger partial charge in [-0.3, -0.25) is 10.4 Å². The average Bonchev–Trinajstić information content (AvgIpc) is 2.19. The Hall–Kier alpha value is -1.31. The molecular weight excluding hydrogens is 313 g/mol. The molecule has 0 heterocycles. The van der Waals surface area contributed by atoms with Crippen molar-refractivity contribution in [3.8, 4) is 5.75 Å². The fourth-order valence-electron chi connectivity index (χ4n) is 1.14. The van der Waals surface area contributed by atoms with Gasteiger partial charge in [0.25, 0.3) is 0 Å². The van der Waals surface area contributed by atoms with E-state index in [-0.39, 0.29) is 28.2 Å². The van der Waals surface area contributed by atoms with Gasteiger partial charge in [-0.1, -0.05) is 23.2 Å². The molecule has 0 bridgehead atoms. The third kappa shape index (κ3) is 5.46. The molecule has 0 amide bonds. The van der Waals surface area contributed by atoms with Crippen LogP contribution >= 0.6 is 23.2 Å². The average molecular weight is 324 g/mol. The van der Waals surface area contributed by atoms with Crippen LogP contribution in [0.15, 0.2) is 17.1 Å². The fourth-order valence-corrected chi connectivity index (χ4v) is 2.15. The Bertz CT molecular complexity index is 606. The number of benzene rings is 1. The van der Waals surface area contributed by atoms with Crippen LogP contribution in [0.2, 0.25) is 10.0 Å². The van der Waals surface area contributed by atoms with Gasteiger partial charge < -0.3 is 9.92 Å². The first kappa shape index (κ1) is 15.7. The van der Waals surface area contributed by atoms with E-state index < -0.39 is 10.1 Å². The molecule has 19 heavy (non-hydrogen) atoms. The summed E-state index contributed by atoms with van der Waals surface area (Å²) in [5, 5.41) is 7.37. The fraction of sp³-hybridized carbons (Fsp3) is 0.200. The minimum absolute atomic E-state index is 0.0150. The smallest absolute Gasteiger partial charge is 0.306 e. The summed E-state index contributed by atoms with van der Waals surface area (Å²) in [6.07, 6.45) is 2.27. The second-order valence-corrected chi connectivity index (χ2v) is 5.97. The van der Waals surface area contributed by atoms with Crippen molar-refractivity contribution in [2.45, 2.75) is 0 Å². The van der Waals surface area contributed by atoms with Crippen molar-refractivity contribution >= 4 is 45.4 Å². The Labute approximate surface area is 120 Å². The normalized spacial score (nSPS) is 11.7. The third-order valence-corrected chi connectivity index (χ3v) is 2.90. The highest BCUT2D eigenvalue weighted by Crippen LogP contribution is 2.29. The number of halogens is 2. The van der Waals surface area contributed by atoms with Crippen LogP contribution in [-0.4, -0.2) is 33.3 Å². The number of amidine groups is 1. The third-order valence-electron chi connectivity index (χ3n) is 1.78. The first-order valence-corrected chi connectivity index (χ1v) is 7.47. The maximum atomic E-state index is 11.0. The summed E-state index contributed by atoms with van der Waals surface area (Å²) in [6, 6.07) is 2.62. The standard InChI is InChI=1S/C10H11Cl2N3O3S/c1-19(16,17)18-6-2-8(11)7(9(12)3-6)4-15-5-10(13)14/h2-4H,5H2,1H3,(H3,13,14). The van der Waals surface area contributed by atoms with E-state index >= 15 is 0 Å². The van der Waals surface area contributed by atoms with Crippen molar-refractivity contribution in [2.75, 3.05) is 12.8 Å². The molecule has 1 rings (SSSR count). The molecule has 0 atom stereocenters. The van der Waals surface area contributed by atoms with E-state index in [1.807, 2.05) is 0 Å². The minimum Gasteiger partial charge on any atom is -0.386 e. The van der Waals surface area contributed by atoms with Crippen molar-refractivity contribution in [1.29, 1.82) is 5.41 Å². The molecule has 0 aromatic heterocycles. The Kier molecular flexibility index (Phi) is 5.16. The summed E-state index contributed by atoms with van der Waals surface area (Å²) >= 11 is 11.9. The second kappa shape index (κ2) is 6.23. The predicted molar refractivity (Wildman–Crippen MR) is 76.3 cm³/mol. The molecule has 9 heteroatoms. The van der Waals surface area contributed by atoms with E-state index in [1.54, 1.807) is 0 Å². The second-order valence-electron chi connectivity index (χ2n) is 3.58. The first-order valence-electron chi connectivity index (χ1n) is 4.90. The van der Waals surface area contributed by atoms with Crippen molar-refractivity contribution in [1.82, 2.24) is 0 Å². The van der Waals surface area contributed by atoms with Gasteiger partial charge in [0, 0.05) is 23.9 Å². The zero-order chi connectivity index (χ0) is 14.6. The molecule has 0 unspecified atom stereocenters. The molecule has 1 aromatic rings. The van der Waals surface area contributed by atoms with Gasteiger partial charge >= 0.3 is 10.1 Å². The first-order chi connectivity index (χ1) is 8.69. The van der Waals surface area contributed by atoms with Gasteiger partial charge in [0.1, 0.15) is 11.6 Å². The molecule has 104 valence electrons. The lowest BCUT2D eigenvalue weighted by Gasteiger charge is -2.07. The van der Waals surface area contributed by atoms with Crippen LogP contribution in [0.5, 0.6) is 5.75 Å². The number of hydrogen-bond acceptors (Lipinski definition) is 5. The highest BCUT2D eigenvalue weighted by atomic mass is 35.5. The maximum Gasteiger partial charge on any atom is 0.306 e. The van der Waals surface area contributed by atoms with Gasteiger partial charge in [-0.15, -0.1) is 0 Å². The largest absolute Gasteiger partial charge is 0.386 e. The molecule has 0 aliphatic rings. The molecule has 0 saturated heterocycles. The summed E-state index contributed by atoms with van der Waals surface area (Å²) < 4.78 is 26.6. The predicted octanol–water partition coefficient (Wildman–Crippen LogP) is 1.69. The molecule has 3 N–H and O–H groups in total. The van der Waals surface area contributed by atoms with Crippen molar-refractivity contribution in [3.05, 3.63) is 27.7 Å². The molecular formula is C10H11Cl2N3O3S. The lowest BCUT2D eigenvalue weighted by atomic mass is 10.2. The van der Waals surface area contributed by atoms with E-state index in [2.05, 4.69) is 9.18 Å². The molecule has 0 saturated carbocycles. The summed E-state index contributed by atoms with van der Waals surface area (Å²) in [5.41, 5.74) is 5.54. The van der Waals surface area contributed by atoms with Crippen LogP contribution in [0.4, 0.5) is 0 Å². The molecule has 0 aliphatic carbocycles. The summed E-state index contributed by atoms with van der Waals surface area (Å²) in [7, 11) is -3.65. The van der Waals surface area contributed by atoms with Crippen LogP contribution in [-0.2, 0) is 10.1 Å². The van der Waals surface area contributed by atoms with Crippen LogP contribution in [0, 0.1) is 5.41 Å². The van der Waals surface area contributed by atoms with Crippen LogP contribution in [0.25, 0.3) is 0 Å². The number of nitrogens with zero attached hydrogens (tertiary/aromatic N) is 1. The highest BCUT2D eigenvalue weighted by molar-refractivity contribution is 7.86. The minimum atomic E-state index is -3.65. The quantitative estimate of drug-likeness (QED) is 0.488. The van der Waals surface area contributed by atoms with Gasteiger partial charge in [-0.2, -0.15) is 8.42 Å². The molecule has 6 nitrogen and oxygen atoms in total. The molecule has 1 aromatic carbocycles. The number of hydrogen-bond donors (Lipinski definition) is 2. The number of aliphatic imine (C=N–C) groups is 1. The number of nitrogens with one attached hydrogen (secondary N) is 1. The van der Waals surface area contributed by atoms with Crippen molar-refractivity contribution in [3.63, 3.8) is 0 Å². The highest BCUT2D eigenvalue weighted by Gasteiger charge is 2.11. The Balaban J connectivity index is 3.04. The van der Waals surface area contributed by atoms with E-state index in [0.29, 0.717) is 5.56 Å². The van der Waals surface area contributed by atoms with Gasteiger partial charge in [0.05, 0.1) is 22.8 Å². The molecule has 0 fully saturated rings. The van der Waals surface area contributed by atoms with Gasteiger partial charge in [0.2, 0.25) is 0 Å². The summed E-state index contributed by atoms with van der Waals surface area (Å²) in [5.74, 6) is -0.0817. The summed E-state index contributed by atoms with van der Waals surface area (Å²) in [6.45, 7) is 0.0221. The van der Waals surface area contributed by atoms with E-state index in [9.17, 15) is 8.42 Å². The van der Waals surface area contributed by atoms with Crippen LogP contribution in [0.3, 0.4) is 0 Å². The Morgan fingerprint density at radius 1 is 1.47 bits per heavy atom. The number of rotatable bonds is 5. The monoisotopic (exact) mass is 323 g/mol. The molecule has 0 radical (unpaired) electrons. The zero-order valence-corrected chi connectivity index (χ0v) is 12.2. The van der Waals surface area contributed by atoms with Gasteiger partial charge in [0.15, 0.2) is 0 Å². The molecule has 0 spiro atoms. The molecule has 0 aliphatic heterocycles. The van der Waals surface area contributed by atoms with Gasteiger partial charge in [-0.25, -0.2) is 0 Å². The van der Waals surface area contributed by atoms with Crippen molar-refractivity contribution in [2.24, 2.45) is 10.7 Å². The van der Waals surface area contributed by atoms with E-state index in [4.69, 9.17) is 34.3 Å². The lowest BCUT2D eigenvalue weighted by molar-refractivity contribution is 0.493. The Morgan fingerprint density at radius 2 is 2.00 bits per heavy atom. The topological polar surface area (TPSA) is 106 Å². The SMILES string of the molecule is CS(=O)(=O)Oc1cc(Cl)c(C=NCC(=N)N)c(Cl)c1. The van der Waals surface area contributed by atoms with E-state index in [1.165, 1.54) is 18.3 Å². The van der Waals surface area contributed by atoms with Crippen LogP contribution < -0.4 is 9.92 Å². The maximum absolute atomic E-state index is 11.0. The Morgan fingerprint density at radius 3 is 2.42 bits per heavy atom. The van der Waals surface area contributed by atoms with Crippen LogP contribution in [0.1, 0.15) is 5.56 Å². The lowest BCUT2D eigenvalue weighted by Crippen LogP contribution is -2.13. The number of nitrogens with two attached hydrogens (primary N) is 1. The van der Waals surface area contributed by atoms with E-state index in [0.717, 1.165) is 6.26 Å². The zero-order valence-electron chi connectivity index (χ0n) is 9.85. The van der Waals surface area contributed by atoms with Crippen molar-refractivity contribution < 1.29 is 12.6 Å².